The molecular weight excluding hydrogens is 414 g/mol. The van der Waals surface area contributed by atoms with Crippen molar-refractivity contribution in [3.63, 3.8) is 0 Å². The first kappa shape index (κ1) is 32.8. The molecule has 0 radical (unpaired) electrons. The standard InChI is InChI=1S/C28H59NO4/c1-6-7-8-9-10-11-12-13-14-15-16-17-18-19-20-30-22-26(3)32-24-28(5)33-23-27(4)31-21-25(2)29/h25-28H,6-24,29H2,1-5H3. The summed E-state index contributed by atoms with van der Waals surface area (Å²) in [5, 5.41) is 0. The molecule has 0 spiro atoms. The molecule has 5 nitrogen and oxygen atoms in total. The van der Waals surface area contributed by atoms with E-state index in [2.05, 4.69) is 13.8 Å². The molecule has 4 atom stereocenters. The van der Waals surface area contributed by atoms with E-state index in [1.807, 2.05) is 20.8 Å². The van der Waals surface area contributed by atoms with Gasteiger partial charge in [-0.2, -0.15) is 0 Å². The van der Waals surface area contributed by atoms with E-state index in [9.17, 15) is 0 Å². The molecule has 0 aliphatic carbocycles. The maximum Gasteiger partial charge on any atom is 0.0781 e. The molecule has 0 heterocycles. The lowest BCUT2D eigenvalue weighted by molar-refractivity contribution is -0.0806. The lowest BCUT2D eigenvalue weighted by Gasteiger charge is -2.20. The molecule has 33 heavy (non-hydrogen) atoms. The quantitative estimate of drug-likeness (QED) is 0.136. The summed E-state index contributed by atoms with van der Waals surface area (Å²) in [5.74, 6) is 0. The smallest absolute Gasteiger partial charge is 0.0781 e. The summed E-state index contributed by atoms with van der Waals surface area (Å²) in [6.07, 6.45) is 19.5. The highest BCUT2D eigenvalue weighted by molar-refractivity contribution is 4.57. The Morgan fingerprint density at radius 3 is 1.27 bits per heavy atom. The van der Waals surface area contributed by atoms with Crippen molar-refractivity contribution >= 4 is 0 Å². The van der Waals surface area contributed by atoms with E-state index in [0.29, 0.717) is 26.4 Å². The Balaban J connectivity index is 3.33. The summed E-state index contributed by atoms with van der Waals surface area (Å²) in [4.78, 5) is 0. The van der Waals surface area contributed by atoms with Crippen molar-refractivity contribution in [2.24, 2.45) is 5.73 Å². The number of unbranched alkanes of at least 4 members (excludes halogenated alkanes) is 13. The zero-order chi connectivity index (χ0) is 24.6. The minimum atomic E-state index is 0.0413. The fourth-order valence-electron chi connectivity index (χ4n) is 3.71. The minimum absolute atomic E-state index is 0.0413. The van der Waals surface area contributed by atoms with Crippen LogP contribution in [0, 0.1) is 0 Å². The highest BCUT2D eigenvalue weighted by Crippen LogP contribution is 2.13. The van der Waals surface area contributed by atoms with Crippen molar-refractivity contribution in [3.8, 4) is 0 Å². The lowest BCUT2D eigenvalue weighted by Crippen LogP contribution is -2.29. The largest absolute Gasteiger partial charge is 0.379 e. The molecular formula is C28H59NO4. The van der Waals surface area contributed by atoms with Crippen molar-refractivity contribution in [1.82, 2.24) is 0 Å². The van der Waals surface area contributed by atoms with Crippen molar-refractivity contribution in [3.05, 3.63) is 0 Å². The third-order valence-corrected chi connectivity index (χ3v) is 5.87. The summed E-state index contributed by atoms with van der Waals surface area (Å²) >= 11 is 0. The van der Waals surface area contributed by atoms with Crippen molar-refractivity contribution in [1.29, 1.82) is 0 Å². The van der Waals surface area contributed by atoms with Gasteiger partial charge in [-0.05, 0) is 34.1 Å². The maximum atomic E-state index is 5.85. The zero-order valence-corrected chi connectivity index (χ0v) is 23.0. The Bertz CT molecular complexity index is 381. The topological polar surface area (TPSA) is 62.9 Å². The van der Waals surface area contributed by atoms with E-state index in [1.165, 1.54) is 83.5 Å². The van der Waals surface area contributed by atoms with Crippen LogP contribution >= 0.6 is 0 Å². The van der Waals surface area contributed by atoms with Crippen LogP contribution in [-0.4, -0.2) is 57.4 Å². The van der Waals surface area contributed by atoms with Crippen molar-refractivity contribution < 1.29 is 18.9 Å². The second-order valence-corrected chi connectivity index (χ2v) is 10.1. The van der Waals surface area contributed by atoms with Gasteiger partial charge < -0.3 is 24.7 Å². The Morgan fingerprint density at radius 2 is 0.848 bits per heavy atom. The second-order valence-electron chi connectivity index (χ2n) is 10.1. The van der Waals surface area contributed by atoms with E-state index in [0.717, 1.165) is 13.0 Å². The van der Waals surface area contributed by atoms with Gasteiger partial charge in [0.2, 0.25) is 0 Å². The van der Waals surface area contributed by atoms with Crippen LogP contribution in [0.5, 0.6) is 0 Å². The van der Waals surface area contributed by atoms with Gasteiger partial charge in [0.15, 0.2) is 0 Å². The number of hydrogen-bond acceptors (Lipinski definition) is 5. The molecule has 0 saturated carbocycles. The van der Waals surface area contributed by atoms with Gasteiger partial charge in [-0.25, -0.2) is 0 Å². The Labute approximate surface area is 206 Å². The van der Waals surface area contributed by atoms with Gasteiger partial charge in [-0.3, -0.25) is 0 Å². The highest BCUT2D eigenvalue weighted by Gasteiger charge is 2.10. The van der Waals surface area contributed by atoms with E-state index in [4.69, 9.17) is 24.7 Å². The maximum absolute atomic E-state index is 5.85. The molecule has 5 heteroatoms. The van der Waals surface area contributed by atoms with Crippen LogP contribution in [0.4, 0.5) is 0 Å². The van der Waals surface area contributed by atoms with Crippen molar-refractivity contribution in [2.45, 2.75) is 149 Å². The number of rotatable bonds is 26. The number of hydrogen-bond donors (Lipinski definition) is 1. The monoisotopic (exact) mass is 473 g/mol. The Hall–Kier alpha value is -0.200. The van der Waals surface area contributed by atoms with Crippen LogP contribution < -0.4 is 5.73 Å². The van der Waals surface area contributed by atoms with E-state index in [1.54, 1.807) is 0 Å². The SMILES string of the molecule is CCCCCCCCCCCCCCCCOCC(C)OCC(C)OCC(C)OCC(C)N. The molecule has 0 aromatic rings. The first-order valence-electron chi connectivity index (χ1n) is 14.1. The summed E-state index contributed by atoms with van der Waals surface area (Å²) < 4.78 is 23.0. The molecule has 0 aliphatic heterocycles. The summed E-state index contributed by atoms with van der Waals surface area (Å²) in [7, 11) is 0. The summed E-state index contributed by atoms with van der Waals surface area (Å²) in [6, 6.07) is 0.0543. The predicted octanol–water partition coefficient (Wildman–Crippen LogP) is 7.05. The average molecular weight is 474 g/mol. The molecule has 200 valence electrons. The molecule has 0 aromatic heterocycles. The minimum Gasteiger partial charge on any atom is -0.379 e. The highest BCUT2D eigenvalue weighted by atomic mass is 16.6. The summed E-state index contributed by atoms with van der Waals surface area (Å²) in [6.45, 7) is 13.5. The van der Waals surface area contributed by atoms with Gasteiger partial charge in [-0.1, -0.05) is 90.4 Å². The van der Waals surface area contributed by atoms with Crippen LogP contribution in [0.1, 0.15) is 125 Å². The number of ether oxygens (including phenoxy) is 4. The molecule has 0 amide bonds. The zero-order valence-electron chi connectivity index (χ0n) is 23.0. The lowest BCUT2D eigenvalue weighted by atomic mass is 10.0. The molecule has 0 bridgehead atoms. The van der Waals surface area contributed by atoms with E-state index in [-0.39, 0.29) is 24.4 Å². The van der Waals surface area contributed by atoms with Gasteiger partial charge >= 0.3 is 0 Å². The van der Waals surface area contributed by atoms with E-state index >= 15 is 0 Å². The number of nitrogens with two attached hydrogens (primary N) is 1. The van der Waals surface area contributed by atoms with Crippen LogP contribution in [0.3, 0.4) is 0 Å². The third-order valence-electron chi connectivity index (χ3n) is 5.87. The van der Waals surface area contributed by atoms with Crippen LogP contribution in [0.2, 0.25) is 0 Å². The molecule has 0 aliphatic rings. The third kappa shape index (κ3) is 26.2. The fraction of sp³-hybridized carbons (Fsp3) is 1.00. The van der Waals surface area contributed by atoms with E-state index < -0.39 is 0 Å². The molecule has 0 fully saturated rings. The Kier molecular flexibility index (Phi) is 24.8. The van der Waals surface area contributed by atoms with Crippen LogP contribution in [0.15, 0.2) is 0 Å². The van der Waals surface area contributed by atoms with Gasteiger partial charge in [0.25, 0.3) is 0 Å². The van der Waals surface area contributed by atoms with Crippen LogP contribution in [-0.2, 0) is 18.9 Å². The van der Waals surface area contributed by atoms with Gasteiger partial charge in [-0.15, -0.1) is 0 Å². The van der Waals surface area contributed by atoms with Crippen LogP contribution in [0.25, 0.3) is 0 Å². The van der Waals surface area contributed by atoms with Gasteiger partial charge in [0, 0.05) is 12.6 Å². The van der Waals surface area contributed by atoms with Gasteiger partial charge in [0.1, 0.15) is 0 Å². The van der Waals surface area contributed by atoms with Gasteiger partial charge in [0.05, 0.1) is 44.7 Å². The Morgan fingerprint density at radius 1 is 0.485 bits per heavy atom. The molecule has 4 unspecified atom stereocenters. The molecule has 2 N–H and O–H groups in total. The fourth-order valence-corrected chi connectivity index (χ4v) is 3.71. The average Bonchev–Trinajstić information content (AvgIpc) is 2.79. The molecule has 0 saturated heterocycles. The summed E-state index contributed by atoms with van der Waals surface area (Å²) in [5.41, 5.74) is 5.70. The molecule has 0 rings (SSSR count). The van der Waals surface area contributed by atoms with Crippen molar-refractivity contribution in [2.75, 3.05) is 33.0 Å². The predicted molar refractivity (Wildman–Crippen MR) is 141 cm³/mol. The second kappa shape index (κ2) is 24.9. The first-order chi connectivity index (χ1) is 16.0. The first-order valence-corrected chi connectivity index (χ1v) is 14.1. The molecule has 0 aromatic carbocycles. The normalized spacial score (nSPS) is 15.5.